The number of hydrogen-bond acceptors (Lipinski definition) is 5. The Morgan fingerprint density at radius 3 is 2.19 bits per heavy atom. The second-order valence-electron chi connectivity index (χ2n) is 7.82. The van der Waals surface area contributed by atoms with Gasteiger partial charge in [0.15, 0.2) is 6.10 Å². The molecule has 0 fully saturated rings. The number of halogens is 1. The Kier molecular flexibility index (Phi) is 8.26. The number of nitrogens with zero attached hydrogens (tertiary/aromatic N) is 1. The quantitative estimate of drug-likeness (QED) is 0.123. The van der Waals surface area contributed by atoms with E-state index in [4.69, 9.17) is 9.47 Å². The normalized spacial score (nSPS) is 11.6. The van der Waals surface area contributed by atoms with Crippen molar-refractivity contribution in [2.24, 2.45) is 5.10 Å². The van der Waals surface area contributed by atoms with E-state index in [9.17, 15) is 9.59 Å². The second kappa shape index (κ2) is 12.0. The summed E-state index contributed by atoms with van der Waals surface area (Å²) in [5.74, 6) is -0.0237. The minimum atomic E-state index is -0.775. The lowest BCUT2D eigenvalue weighted by Gasteiger charge is -2.13. The van der Waals surface area contributed by atoms with Gasteiger partial charge in [0.05, 0.1) is 11.8 Å². The van der Waals surface area contributed by atoms with Crippen LogP contribution in [0.25, 0.3) is 11.1 Å². The molecule has 0 heterocycles. The number of esters is 1. The maximum Gasteiger partial charge on any atom is 0.343 e. The van der Waals surface area contributed by atoms with E-state index in [-0.39, 0.29) is 0 Å². The summed E-state index contributed by atoms with van der Waals surface area (Å²) >= 11 is 3.40. The second-order valence-corrected chi connectivity index (χ2v) is 8.74. The lowest BCUT2D eigenvalue weighted by Crippen LogP contribution is -2.33. The molecule has 4 aromatic rings. The van der Waals surface area contributed by atoms with Crippen LogP contribution in [0, 0.1) is 0 Å². The van der Waals surface area contributed by atoms with Gasteiger partial charge < -0.3 is 9.47 Å². The SMILES string of the molecule is C[C@@H](Oc1ccc(-c2ccccc2)cc1)C(=O)N/N=C\c1cc(Br)ccc1OC(=O)c1ccccc1. The molecule has 180 valence electrons. The van der Waals surface area contributed by atoms with Crippen LogP contribution in [0.5, 0.6) is 11.5 Å². The first-order valence-corrected chi connectivity index (χ1v) is 12.0. The van der Waals surface area contributed by atoms with Crippen molar-refractivity contribution in [3.05, 3.63) is 119 Å². The Morgan fingerprint density at radius 2 is 1.50 bits per heavy atom. The molecule has 0 aliphatic rings. The fourth-order valence-electron chi connectivity index (χ4n) is 3.32. The van der Waals surface area contributed by atoms with E-state index >= 15 is 0 Å². The van der Waals surface area contributed by atoms with E-state index in [2.05, 4.69) is 26.5 Å². The van der Waals surface area contributed by atoms with Crippen molar-refractivity contribution >= 4 is 34.0 Å². The van der Waals surface area contributed by atoms with Gasteiger partial charge >= 0.3 is 5.97 Å². The van der Waals surface area contributed by atoms with Gasteiger partial charge in [-0.2, -0.15) is 5.10 Å². The molecule has 0 aromatic heterocycles. The number of hydrazone groups is 1. The molecule has 0 aliphatic heterocycles. The molecule has 1 amide bonds. The number of carbonyl (C=O) groups excluding carboxylic acids is 2. The van der Waals surface area contributed by atoms with Gasteiger partial charge in [0.2, 0.25) is 0 Å². The molecule has 1 N–H and O–H groups in total. The summed E-state index contributed by atoms with van der Waals surface area (Å²) in [6.07, 6.45) is 0.639. The molecule has 7 heteroatoms. The summed E-state index contributed by atoms with van der Waals surface area (Å²) in [7, 11) is 0. The predicted octanol–water partition coefficient (Wildman–Crippen LogP) is 6.25. The maximum atomic E-state index is 12.5. The molecule has 0 saturated carbocycles. The molecule has 0 bridgehead atoms. The van der Waals surface area contributed by atoms with Crippen molar-refractivity contribution in [1.82, 2.24) is 5.43 Å². The predicted molar refractivity (Wildman–Crippen MR) is 143 cm³/mol. The van der Waals surface area contributed by atoms with E-state index in [1.54, 1.807) is 49.4 Å². The van der Waals surface area contributed by atoms with Gasteiger partial charge in [0.25, 0.3) is 5.91 Å². The van der Waals surface area contributed by atoms with Gasteiger partial charge in [-0.1, -0.05) is 76.6 Å². The summed E-state index contributed by atoms with van der Waals surface area (Å²) in [4.78, 5) is 24.9. The Bertz CT molecular complexity index is 1360. The standard InChI is InChI=1S/C29H23BrN2O4/c1-20(35-26-15-12-22(13-16-26)21-8-4-2-5-9-21)28(33)32-31-19-24-18-25(30)14-17-27(24)36-29(34)23-10-6-3-7-11-23/h2-20H,1H3,(H,32,33)/b31-19-/t20-/m1/s1. The van der Waals surface area contributed by atoms with Gasteiger partial charge in [-0.15, -0.1) is 0 Å². The zero-order valence-corrected chi connectivity index (χ0v) is 21.0. The third-order valence-electron chi connectivity index (χ3n) is 5.21. The van der Waals surface area contributed by atoms with Gasteiger partial charge in [-0.25, -0.2) is 10.2 Å². The molecule has 1 atom stereocenters. The number of benzene rings is 4. The van der Waals surface area contributed by atoms with E-state index in [0.29, 0.717) is 22.6 Å². The first kappa shape index (κ1) is 24.9. The van der Waals surface area contributed by atoms with E-state index in [1.807, 2.05) is 60.7 Å². The molecular formula is C29H23BrN2O4. The highest BCUT2D eigenvalue weighted by molar-refractivity contribution is 9.10. The van der Waals surface area contributed by atoms with Crippen molar-refractivity contribution in [2.75, 3.05) is 0 Å². The summed E-state index contributed by atoms with van der Waals surface area (Å²) in [6, 6.07) is 31.4. The molecular weight excluding hydrogens is 520 g/mol. The van der Waals surface area contributed by atoms with Crippen molar-refractivity contribution in [1.29, 1.82) is 0 Å². The first-order valence-electron chi connectivity index (χ1n) is 11.2. The van der Waals surface area contributed by atoms with Crippen LogP contribution in [0.2, 0.25) is 0 Å². The van der Waals surface area contributed by atoms with Crippen LogP contribution in [0.3, 0.4) is 0 Å². The topological polar surface area (TPSA) is 77.0 Å². The van der Waals surface area contributed by atoms with Crippen molar-refractivity contribution in [3.8, 4) is 22.6 Å². The third-order valence-corrected chi connectivity index (χ3v) is 5.70. The zero-order chi connectivity index (χ0) is 25.3. The van der Waals surface area contributed by atoms with Crippen LogP contribution in [-0.2, 0) is 4.79 Å². The maximum absolute atomic E-state index is 12.5. The Balaban J connectivity index is 1.36. The van der Waals surface area contributed by atoms with Gasteiger partial charge in [-0.3, -0.25) is 4.79 Å². The number of rotatable bonds is 8. The van der Waals surface area contributed by atoms with Crippen molar-refractivity contribution in [3.63, 3.8) is 0 Å². The summed E-state index contributed by atoms with van der Waals surface area (Å²) in [5.41, 5.74) is 5.57. The van der Waals surface area contributed by atoms with E-state index in [1.165, 1.54) is 6.21 Å². The number of carbonyl (C=O) groups is 2. The molecule has 4 aromatic carbocycles. The Labute approximate surface area is 217 Å². The van der Waals surface area contributed by atoms with E-state index in [0.717, 1.165) is 15.6 Å². The average molecular weight is 543 g/mol. The van der Waals surface area contributed by atoms with Crippen LogP contribution in [0.4, 0.5) is 0 Å². The van der Waals surface area contributed by atoms with Crippen LogP contribution in [-0.4, -0.2) is 24.2 Å². The Hall–Kier alpha value is -4.23. The number of amides is 1. The smallest absolute Gasteiger partial charge is 0.343 e. The molecule has 4 rings (SSSR count). The highest BCUT2D eigenvalue weighted by Gasteiger charge is 2.15. The fourth-order valence-corrected chi connectivity index (χ4v) is 3.70. The van der Waals surface area contributed by atoms with Gasteiger partial charge in [0.1, 0.15) is 11.5 Å². The highest BCUT2D eigenvalue weighted by Crippen LogP contribution is 2.24. The zero-order valence-electron chi connectivity index (χ0n) is 19.4. The van der Waals surface area contributed by atoms with Gasteiger partial charge in [-0.05, 0) is 60.5 Å². The molecule has 0 saturated heterocycles. The van der Waals surface area contributed by atoms with Crippen molar-refractivity contribution in [2.45, 2.75) is 13.0 Å². The van der Waals surface area contributed by atoms with Gasteiger partial charge in [0, 0.05) is 10.0 Å². The monoisotopic (exact) mass is 542 g/mol. The van der Waals surface area contributed by atoms with Crippen molar-refractivity contribution < 1.29 is 19.1 Å². The summed E-state index contributed by atoms with van der Waals surface area (Å²) in [6.45, 7) is 1.64. The summed E-state index contributed by atoms with van der Waals surface area (Å²) in [5, 5.41) is 4.02. The lowest BCUT2D eigenvalue weighted by molar-refractivity contribution is -0.127. The largest absolute Gasteiger partial charge is 0.481 e. The molecule has 36 heavy (non-hydrogen) atoms. The fraction of sp³-hybridized carbons (Fsp3) is 0.0690. The Morgan fingerprint density at radius 1 is 0.861 bits per heavy atom. The van der Waals surface area contributed by atoms with Crippen LogP contribution < -0.4 is 14.9 Å². The minimum absolute atomic E-state index is 0.313. The van der Waals surface area contributed by atoms with E-state index < -0.39 is 18.0 Å². The number of nitrogens with one attached hydrogen (secondary N) is 1. The average Bonchev–Trinajstić information content (AvgIpc) is 2.91. The minimum Gasteiger partial charge on any atom is -0.481 e. The highest BCUT2D eigenvalue weighted by atomic mass is 79.9. The third kappa shape index (κ3) is 6.67. The number of ether oxygens (including phenoxy) is 2. The molecule has 0 spiro atoms. The van der Waals surface area contributed by atoms with Crippen LogP contribution in [0.15, 0.2) is 113 Å². The summed E-state index contributed by atoms with van der Waals surface area (Å²) < 4.78 is 12.0. The molecule has 0 aliphatic carbocycles. The first-order chi connectivity index (χ1) is 17.5. The molecule has 0 unspecified atom stereocenters. The van der Waals surface area contributed by atoms with Crippen LogP contribution >= 0.6 is 15.9 Å². The lowest BCUT2D eigenvalue weighted by atomic mass is 10.1. The molecule has 6 nitrogen and oxygen atoms in total. The van der Waals surface area contributed by atoms with Crippen LogP contribution in [0.1, 0.15) is 22.8 Å². The molecule has 0 radical (unpaired) electrons. The number of hydrogen-bond donors (Lipinski definition) is 1.